The van der Waals surface area contributed by atoms with Gasteiger partial charge in [-0.05, 0) is 69.6 Å². The average Bonchev–Trinajstić information content (AvgIpc) is 3.04. The minimum absolute atomic E-state index is 0.0979. The van der Waals surface area contributed by atoms with E-state index in [1.165, 1.54) is 12.8 Å². The zero-order chi connectivity index (χ0) is 17.5. The molecule has 3 aliphatic rings. The van der Waals surface area contributed by atoms with E-state index < -0.39 is 0 Å². The van der Waals surface area contributed by atoms with E-state index in [-0.39, 0.29) is 29.6 Å². The minimum Gasteiger partial charge on any atom is -0.462 e. The van der Waals surface area contributed by atoms with Crippen LogP contribution in [-0.4, -0.2) is 24.1 Å². The van der Waals surface area contributed by atoms with E-state index in [9.17, 15) is 9.59 Å². The van der Waals surface area contributed by atoms with E-state index in [1.807, 2.05) is 0 Å². The van der Waals surface area contributed by atoms with Crippen molar-refractivity contribution in [3.8, 4) is 0 Å². The molecule has 3 aliphatic carbocycles. The molecule has 0 aromatic heterocycles. The molecule has 142 valence electrons. The fraction of sp³-hybridized carbons (Fsp3) is 0.905. The summed E-state index contributed by atoms with van der Waals surface area (Å²) in [5.41, 5.74) is -0.211. The number of rotatable bonds is 6. The molecule has 3 fully saturated rings. The highest BCUT2D eigenvalue weighted by molar-refractivity contribution is 5.74. The summed E-state index contributed by atoms with van der Waals surface area (Å²) in [6, 6.07) is 0. The predicted molar refractivity (Wildman–Crippen MR) is 96.1 cm³/mol. The van der Waals surface area contributed by atoms with Crippen LogP contribution >= 0.6 is 0 Å². The van der Waals surface area contributed by atoms with Crippen molar-refractivity contribution in [3.05, 3.63) is 0 Å². The Hall–Kier alpha value is -1.06. The van der Waals surface area contributed by atoms with Crippen molar-refractivity contribution < 1.29 is 19.1 Å². The zero-order valence-corrected chi connectivity index (χ0v) is 15.6. The van der Waals surface area contributed by atoms with Gasteiger partial charge in [-0.1, -0.05) is 25.7 Å². The first-order valence-electron chi connectivity index (χ1n) is 10.5. The SMILES string of the molecule is O=C(CC1(CC(=O)OC2CCCCC2)CCCC1)OC1CCCCC1. The van der Waals surface area contributed by atoms with Crippen LogP contribution in [-0.2, 0) is 19.1 Å². The third-order valence-corrected chi connectivity index (χ3v) is 6.40. The lowest BCUT2D eigenvalue weighted by atomic mass is 9.79. The highest BCUT2D eigenvalue weighted by Crippen LogP contribution is 2.45. The fourth-order valence-electron chi connectivity index (χ4n) is 4.97. The second-order valence-corrected chi connectivity index (χ2v) is 8.56. The number of hydrogen-bond donors (Lipinski definition) is 0. The molecule has 0 aromatic carbocycles. The quantitative estimate of drug-likeness (QED) is 0.627. The minimum atomic E-state index is -0.211. The highest BCUT2D eigenvalue weighted by atomic mass is 16.5. The summed E-state index contributed by atoms with van der Waals surface area (Å²) in [7, 11) is 0. The molecular weight excluding hydrogens is 316 g/mol. The van der Waals surface area contributed by atoms with Crippen molar-refractivity contribution in [1.29, 1.82) is 0 Å². The van der Waals surface area contributed by atoms with Crippen molar-refractivity contribution in [2.24, 2.45) is 5.41 Å². The van der Waals surface area contributed by atoms with Gasteiger partial charge < -0.3 is 9.47 Å². The van der Waals surface area contributed by atoms with Crippen molar-refractivity contribution in [3.63, 3.8) is 0 Å². The van der Waals surface area contributed by atoms with Gasteiger partial charge in [0.15, 0.2) is 0 Å². The van der Waals surface area contributed by atoms with Crippen molar-refractivity contribution in [2.45, 2.75) is 115 Å². The summed E-state index contributed by atoms with van der Waals surface area (Å²) < 4.78 is 11.4. The van der Waals surface area contributed by atoms with Crippen LogP contribution in [0.25, 0.3) is 0 Å². The molecule has 4 nitrogen and oxygen atoms in total. The molecule has 0 amide bonds. The van der Waals surface area contributed by atoms with Crippen LogP contribution in [0, 0.1) is 5.41 Å². The lowest BCUT2D eigenvalue weighted by molar-refractivity contribution is -0.157. The Kier molecular flexibility index (Phi) is 6.77. The van der Waals surface area contributed by atoms with Gasteiger partial charge >= 0.3 is 11.9 Å². The maximum Gasteiger partial charge on any atom is 0.306 e. The molecule has 0 spiro atoms. The van der Waals surface area contributed by atoms with Gasteiger partial charge in [-0.3, -0.25) is 9.59 Å². The second-order valence-electron chi connectivity index (χ2n) is 8.56. The van der Waals surface area contributed by atoms with Crippen LogP contribution in [0.3, 0.4) is 0 Å². The molecule has 0 atom stereocenters. The summed E-state index contributed by atoms with van der Waals surface area (Å²) in [6.07, 6.45) is 16.3. The monoisotopic (exact) mass is 350 g/mol. The molecule has 0 aromatic rings. The molecule has 0 saturated heterocycles. The number of esters is 2. The van der Waals surface area contributed by atoms with E-state index in [0.29, 0.717) is 12.8 Å². The number of carbonyl (C=O) groups is 2. The molecular formula is C21H34O4. The number of hydrogen-bond acceptors (Lipinski definition) is 4. The maximum absolute atomic E-state index is 12.5. The molecule has 0 unspecified atom stereocenters. The summed E-state index contributed by atoms with van der Waals surface area (Å²) in [6.45, 7) is 0. The third-order valence-electron chi connectivity index (χ3n) is 6.40. The standard InChI is InChI=1S/C21H34O4/c22-19(24-17-9-3-1-4-10-17)15-21(13-7-8-14-21)16-20(23)25-18-11-5-2-6-12-18/h17-18H,1-16H2. The Morgan fingerprint density at radius 1 is 0.640 bits per heavy atom. The van der Waals surface area contributed by atoms with Crippen LogP contribution < -0.4 is 0 Å². The number of carbonyl (C=O) groups excluding carboxylic acids is 2. The van der Waals surface area contributed by atoms with E-state index in [4.69, 9.17) is 9.47 Å². The molecule has 25 heavy (non-hydrogen) atoms. The van der Waals surface area contributed by atoms with E-state index in [1.54, 1.807) is 0 Å². The lowest BCUT2D eigenvalue weighted by Crippen LogP contribution is -2.31. The Bertz CT molecular complexity index is 405. The number of ether oxygens (including phenoxy) is 2. The molecule has 0 N–H and O–H groups in total. The average molecular weight is 350 g/mol. The van der Waals surface area contributed by atoms with Crippen LogP contribution in [0.5, 0.6) is 0 Å². The van der Waals surface area contributed by atoms with Crippen LogP contribution in [0.1, 0.15) is 103 Å². The molecule has 4 heteroatoms. The van der Waals surface area contributed by atoms with Gasteiger partial charge in [0.05, 0.1) is 12.8 Å². The molecule has 0 aliphatic heterocycles. The van der Waals surface area contributed by atoms with Gasteiger partial charge in [0.1, 0.15) is 12.2 Å². The largest absolute Gasteiger partial charge is 0.462 e. The first kappa shape index (κ1) is 18.7. The van der Waals surface area contributed by atoms with Gasteiger partial charge in [-0.25, -0.2) is 0 Å². The molecule has 0 radical (unpaired) electrons. The van der Waals surface area contributed by atoms with Gasteiger partial charge in [0.2, 0.25) is 0 Å². The lowest BCUT2D eigenvalue weighted by Gasteiger charge is -2.30. The Morgan fingerprint density at radius 2 is 1.04 bits per heavy atom. The zero-order valence-electron chi connectivity index (χ0n) is 15.6. The highest BCUT2D eigenvalue weighted by Gasteiger charge is 2.40. The van der Waals surface area contributed by atoms with Gasteiger partial charge in [-0.15, -0.1) is 0 Å². The van der Waals surface area contributed by atoms with E-state index in [0.717, 1.165) is 77.0 Å². The Morgan fingerprint density at radius 3 is 1.44 bits per heavy atom. The normalized spacial score (nSPS) is 24.8. The summed E-state index contributed by atoms with van der Waals surface area (Å²) in [5.74, 6) is -0.196. The molecule has 0 heterocycles. The van der Waals surface area contributed by atoms with Crippen LogP contribution in [0.15, 0.2) is 0 Å². The summed E-state index contributed by atoms with van der Waals surface area (Å²) in [4.78, 5) is 24.9. The Balaban J connectivity index is 1.49. The first-order valence-corrected chi connectivity index (χ1v) is 10.5. The molecule has 3 rings (SSSR count). The van der Waals surface area contributed by atoms with Crippen LogP contribution in [0.4, 0.5) is 0 Å². The second kappa shape index (κ2) is 9.05. The van der Waals surface area contributed by atoms with Gasteiger partial charge in [0.25, 0.3) is 0 Å². The van der Waals surface area contributed by atoms with Crippen LogP contribution in [0.2, 0.25) is 0 Å². The third kappa shape index (κ3) is 5.72. The fourth-order valence-corrected chi connectivity index (χ4v) is 4.97. The maximum atomic E-state index is 12.5. The Labute approximate surface area is 152 Å². The summed E-state index contributed by atoms with van der Waals surface area (Å²) >= 11 is 0. The first-order chi connectivity index (χ1) is 12.2. The smallest absolute Gasteiger partial charge is 0.306 e. The summed E-state index contributed by atoms with van der Waals surface area (Å²) in [5, 5.41) is 0. The topological polar surface area (TPSA) is 52.6 Å². The van der Waals surface area contributed by atoms with E-state index >= 15 is 0 Å². The van der Waals surface area contributed by atoms with Gasteiger partial charge in [0, 0.05) is 0 Å². The van der Waals surface area contributed by atoms with Crippen molar-refractivity contribution >= 4 is 11.9 Å². The van der Waals surface area contributed by atoms with E-state index in [2.05, 4.69) is 0 Å². The van der Waals surface area contributed by atoms with Gasteiger partial charge in [-0.2, -0.15) is 0 Å². The predicted octanol–water partition coefficient (Wildman–Crippen LogP) is 5.08. The van der Waals surface area contributed by atoms with Crippen molar-refractivity contribution in [2.75, 3.05) is 0 Å². The van der Waals surface area contributed by atoms with Crippen molar-refractivity contribution in [1.82, 2.24) is 0 Å². The molecule has 0 bridgehead atoms. The molecule has 3 saturated carbocycles.